The lowest BCUT2D eigenvalue weighted by atomic mass is 9.87. The third kappa shape index (κ3) is 6.56. The van der Waals surface area contributed by atoms with Crippen LogP contribution in [0.4, 0.5) is 24.5 Å². The van der Waals surface area contributed by atoms with E-state index in [9.17, 15) is 22.8 Å². The average Bonchev–Trinajstić information content (AvgIpc) is 2.76. The standard InChI is InChI=1S/C24H27ClF3N3O3/c1-23(2,3)16-4-7-18(8-5-16)34-15-21(32)29-19-14-17(25)6-9-20(19)30-10-12-31(13-11-30)22(33)24(26,27)28/h4-9,14H,10-13,15H2,1-3H3,(H,29,32). The first-order valence-electron chi connectivity index (χ1n) is 10.8. The normalized spacial score (nSPS) is 14.7. The number of nitrogens with one attached hydrogen (secondary N) is 1. The van der Waals surface area contributed by atoms with E-state index in [2.05, 4.69) is 26.1 Å². The maximum atomic E-state index is 12.7. The molecule has 2 aromatic rings. The van der Waals surface area contributed by atoms with Gasteiger partial charge in [-0.25, -0.2) is 0 Å². The molecule has 0 aliphatic carbocycles. The SMILES string of the molecule is CC(C)(C)c1ccc(OCC(=O)Nc2cc(Cl)ccc2N2CCN(C(=O)C(F)(F)F)CC2)cc1. The molecule has 1 heterocycles. The van der Waals surface area contributed by atoms with Crippen molar-refractivity contribution in [2.45, 2.75) is 32.4 Å². The third-order valence-electron chi connectivity index (χ3n) is 5.47. The lowest BCUT2D eigenvalue weighted by molar-refractivity contribution is -0.185. The van der Waals surface area contributed by atoms with Crippen molar-refractivity contribution in [1.29, 1.82) is 0 Å². The van der Waals surface area contributed by atoms with E-state index in [1.165, 1.54) is 0 Å². The van der Waals surface area contributed by atoms with Crippen molar-refractivity contribution in [2.75, 3.05) is 43.0 Å². The predicted molar refractivity (Wildman–Crippen MR) is 126 cm³/mol. The topological polar surface area (TPSA) is 61.9 Å². The Balaban J connectivity index is 1.62. The summed E-state index contributed by atoms with van der Waals surface area (Å²) in [6.07, 6.45) is -4.89. The van der Waals surface area contributed by atoms with Crippen molar-refractivity contribution in [3.8, 4) is 5.75 Å². The van der Waals surface area contributed by atoms with Gasteiger partial charge in [0, 0.05) is 31.2 Å². The van der Waals surface area contributed by atoms with Gasteiger partial charge in [-0.2, -0.15) is 13.2 Å². The summed E-state index contributed by atoms with van der Waals surface area (Å²) in [4.78, 5) is 26.6. The van der Waals surface area contributed by atoms with Gasteiger partial charge in [-0.05, 0) is 41.3 Å². The largest absolute Gasteiger partial charge is 0.484 e. The number of amides is 2. The second-order valence-electron chi connectivity index (χ2n) is 9.05. The number of nitrogens with zero attached hydrogens (tertiary/aromatic N) is 2. The number of carbonyl (C=O) groups is 2. The number of ether oxygens (including phenoxy) is 1. The fourth-order valence-corrected chi connectivity index (χ4v) is 3.77. The van der Waals surface area contributed by atoms with Crippen LogP contribution in [0, 0.1) is 0 Å². The molecule has 0 aromatic heterocycles. The molecule has 0 spiro atoms. The van der Waals surface area contributed by atoms with E-state index in [-0.39, 0.29) is 38.2 Å². The summed E-state index contributed by atoms with van der Waals surface area (Å²) in [6.45, 7) is 6.29. The highest BCUT2D eigenvalue weighted by atomic mass is 35.5. The molecule has 2 aromatic carbocycles. The maximum Gasteiger partial charge on any atom is 0.471 e. The minimum atomic E-state index is -4.89. The summed E-state index contributed by atoms with van der Waals surface area (Å²) in [7, 11) is 0. The molecule has 1 aliphatic heterocycles. The van der Waals surface area contributed by atoms with Crippen LogP contribution >= 0.6 is 11.6 Å². The molecule has 3 rings (SSSR count). The van der Waals surface area contributed by atoms with Crippen molar-refractivity contribution in [2.24, 2.45) is 0 Å². The molecule has 6 nitrogen and oxygen atoms in total. The lowest BCUT2D eigenvalue weighted by Gasteiger charge is -2.37. The molecule has 0 radical (unpaired) electrons. The van der Waals surface area contributed by atoms with Crippen molar-refractivity contribution < 1.29 is 27.5 Å². The van der Waals surface area contributed by atoms with E-state index in [1.54, 1.807) is 35.2 Å². The smallest absolute Gasteiger partial charge is 0.471 e. The monoisotopic (exact) mass is 497 g/mol. The van der Waals surface area contributed by atoms with E-state index in [4.69, 9.17) is 16.3 Å². The predicted octanol–water partition coefficient (Wildman–Crippen LogP) is 4.87. The van der Waals surface area contributed by atoms with Gasteiger partial charge in [0.2, 0.25) is 0 Å². The molecule has 0 saturated carbocycles. The van der Waals surface area contributed by atoms with Gasteiger partial charge in [0.25, 0.3) is 5.91 Å². The number of rotatable bonds is 5. The minimum absolute atomic E-state index is 0.00436. The summed E-state index contributed by atoms with van der Waals surface area (Å²) in [5.74, 6) is -1.70. The third-order valence-corrected chi connectivity index (χ3v) is 5.71. The zero-order valence-corrected chi connectivity index (χ0v) is 20.0. The van der Waals surface area contributed by atoms with Crippen LogP contribution in [0.25, 0.3) is 0 Å². The van der Waals surface area contributed by atoms with Gasteiger partial charge in [-0.15, -0.1) is 0 Å². The van der Waals surface area contributed by atoms with Crippen molar-refractivity contribution in [1.82, 2.24) is 4.90 Å². The van der Waals surface area contributed by atoms with Crippen molar-refractivity contribution in [3.63, 3.8) is 0 Å². The van der Waals surface area contributed by atoms with Gasteiger partial charge in [0.1, 0.15) is 5.75 Å². The molecule has 34 heavy (non-hydrogen) atoms. The summed E-state index contributed by atoms with van der Waals surface area (Å²) >= 11 is 6.10. The van der Waals surface area contributed by atoms with Crippen LogP contribution < -0.4 is 15.0 Å². The molecule has 0 bridgehead atoms. The Morgan fingerprint density at radius 2 is 1.62 bits per heavy atom. The Labute approximate surface area is 201 Å². The van der Waals surface area contributed by atoms with E-state index in [1.807, 2.05) is 12.1 Å². The molecule has 10 heteroatoms. The summed E-state index contributed by atoms with van der Waals surface area (Å²) < 4.78 is 43.7. The van der Waals surface area contributed by atoms with Gasteiger partial charge in [-0.1, -0.05) is 44.5 Å². The number of anilines is 2. The van der Waals surface area contributed by atoms with Crippen LogP contribution in [-0.2, 0) is 15.0 Å². The minimum Gasteiger partial charge on any atom is -0.484 e. The second kappa shape index (κ2) is 10.1. The molecule has 0 unspecified atom stereocenters. The fourth-order valence-electron chi connectivity index (χ4n) is 3.60. The number of carbonyl (C=O) groups excluding carboxylic acids is 2. The summed E-state index contributed by atoms with van der Waals surface area (Å²) in [5, 5.41) is 3.15. The highest BCUT2D eigenvalue weighted by Gasteiger charge is 2.43. The molecular weight excluding hydrogens is 471 g/mol. The molecule has 1 N–H and O–H groups in total. The highest BCUT2D eigenvalue weighted by molar-refractivity contribution is 6.31. The zero-order valence-electron chi connectivity index (χ0n) is 19.2. The molecule has 2 amide bonds. The first-order valence-corrected chi connectivity index (χ1v) is 11.2. The van der Waals surface area contributed by atoms with Crippen LogP contribution in [0.5, 0.6) is 5.75 Å². The van der Waals surface area contributed by atoms with Gasteiger partial charge in [-0.3, -0.25) is 9.59 Å². The van der Waals surface area contributed by atoms with E-state index < -0.39 is 18.0 Å². The highest BCUT2D eigenvalue weighted by Crippen LogP contribution is 2.31. The van der Waals surface area contributed by atoms with Gasteiger partial charge >= 0.3 is 12.1 Å². The van der Waals surface area contributed by atoms with Crippen molar-refractivity contribution >= 4 is 34.8 Å². The molecular formula is C24H27ClF3N3O3. The van der Waals surface area contributed by atoms with Crippen molar-refractivity contribution in [3.05, 3.63) is 53.1 Å². The molecule has 1 aliphatic rings. The quantitative estimate of drug-likeness (QED) is 0.640. The maximum absolute atomic E-state index is 12.7. The van der Waals surface area contributed by atoms with Gasteiger partial charge in [0.15, 0.2) is 6.61 Å². The Bertz CT molecular complexity index is 1030. The van der Waals surface area contributed by atoms with Crippen LogP contribution in [0.1, 0.15) is 26.3 Å². The number of piperazine rings is 1. The number of halogens is 4. The fraction of sp³-hybridized carbons (Fsp3) is 0.417. The summed E-state index contributed by atoms with van der Waals surface area (Å²) in [6, 6.07) is 12.4. The molecule has 184 valence electrons. The van der Waals surface area contributed by atoms with E-state index in [0.717, 1.165) is 10.5 Å². The Kier molecular flexibility index (Phi) is 7.65. The summed E-state index contributed by atoms with van der Waals surface area (Å²) in [5.41, 5.74) is 2.17. The van der Waals surface area contributed by atoms with Gasteiger partial charge in [0.05, 0.1) is 11.4 Å². The van der Waals surface area contributed by atoms with E-state index in [0.29, 0.717) is 22.1 Å². The Morgan fingerprint density at radius 3 is 2.18 bits per heavy atom. The number of benzene rings is 2. The zero-order chi connectivity index (χ0) is 25.1. The van der Waals surface area contributed by atoms with E-state index >= 15 is 0 Å². The second-order valence-corrected chi connectivity index (χ2v) is 9.49. The average molecular weight is 498 g/mol. The van der Waals surface area contributed by atoms with Crippen LogP contribution in [-0.4, -0.2) is 55.7 Å². The number of hydrogen-bond donors (Lipinski definition) is 1. The lowest BCUT2D eigenvalue weighted by Crippen LogP contribution is -2.52. The molecule has 1 saturated heterocycles. The number of hydrogen-bond acceptors (Lipinski definition) is 4. The van der Waals surface area contributed by atoms with Crippen LogP contribution in [0.2, 0.25) is 5.02 Å². The Hall–Kier alpha value is -2.94. The van der Waals surface area contributed by atoms with Gasteiger partial charge < -0.3 is 19.9 Å². The van der Waals surface area contributed by atoms with Crippen LogP contribution in [0.15, 0.2) is 42.5 Å². The first kappa shape index (κ1) is 25.7. The Morgan fingerprint density at radius 1 is 1.00 bits per heavy atom. The molecule has 1 fully saturated rings. The number of alkyl halides is 3. The first-order chi connectivity index (χ1) is 15.8. The molecule has 0 atom stereocenters. The van der Waals surface area contributed by atoms with Crippen LogP contribution in [0.3, 0.4) is 0 Å².